The Kier molecular flexibility index (Phi) is 7.88. The number of rotatable bonds is 6. The third kappa shape index (κ3) is 4.76. The third-order valence-corrected chi connectivity index (χ3v) is 10.9. The van der Waals surface area contributed by atoms with Crippen molar-refractivity contribution >= 4 is 39.1 Å². The number of Topliss-reactive ketones (excluding diaryl/α,β-unsaturated/α-hetero) is 1. The third-order valence-electron chi connectivity index (χ3n) is 9.01. The quantitative estimate of drug-likeness (QED) is 0.300. The second-order valence-electron chi connectivity index (χ2n) is 11.4. The lowest BCUT2D eigenvalue weighted by molar-refractivity contribution is -0.144. The summed E-state index contributed by atoms with van der Waals surface area (Å²) < 4.78 is 33.6. The average molecular weight is 609 g/mol. The molecule has 2 aromatic rings. The van der Waals surface area contributed by atoms with Gasteiger partial charge in [-0.25, -0.2) is 8.42 Å². The van der Waals surface area contributed by atoms with Crippen molar-refractivity contribution in [1.29, 1.82) is 0 Å². The van der Waals surface area contributed by atoms with E-state index < -0.39 is 38.9 Å². The number of carbonyl (C=O) groups is 3. The van der Waals surface area contributed by atoms with E-state index in [-0.39, 0.29) is 22.6 Å². The Balaban J connectivity index is 1.43. The number of likely N-dealkylation sites (tertiary alicyclic amines) is 1. The molecule has 1 atom stereocenters. The van der Waals surface area contributed by atoms with Crippen LogP contribution in [0, 0.1) is 0 Å². The molecule has 4 heterocycles. The Bertz CT molecular complexity index is 1580. The Morgan fingerprint density at radius 1 is 0.884 bits per heavy atom. The topological polar surface area (TPSA) is 128 Å². The number of aliphatic hydroxyl groups excluding tert-OH is 1. The van der Waals surface area contributed by atoms with Gasteiger partial charge in [0.05, 0.1) is 23.7 Å². The summed E-state index contributed by atoms with van der Waals surface area (Å²) in [5, 5.41) is 11.7. The average Bonchev–Trinajstić information content (AvgIpc) is 3.23. The van der Waals surface area contributed by atoms with Crippen molar-refractivity contribution in [3.8, 4) is 0 Å². The molecule has 4 aliphatic rings. The van der Waals surface area contributed by atoms with E-state index in [1.807, 2.05) is 0 Å². The summed E-state index contributed by atoms with van der Waals surface area (Å²) in [4.78, 5) is 46.5. The van der Waals surface area contributed by atoms with Crippen LogP contribution >= 0.6 is 0 Å². The normalized spacial score (nSPS) is 25.0. The van der Waals surface area contributed by atoms with Gasteiger partial charge < -0.3 is 19.6 Å². The molecule has 3 saturated heterocycles. The molecular weight excluding hydrogens is 572 g/mol. The number of hydrogen-bond acceptors (Lipinski definition) is 8. The molecule has 0 bridgehead atoms. The van der Waals surface area contributed by atoms with Crippen molar-refractivity contribution in [1.82, 2.24) is 14.1 Å². The largest absolute Gasteiger partial charge is 0.507 e. The molecule has 12 heteroatoms. The molecule has 1 unspecified atom stereocenters. The summed E-state index contributed by atoms with van der Waals surface area (Å²) in [7, 11) is -2.16. The van der Waals surface area contributed by atoms with Gasteiger partial charge in [-0.05, 0) is 43.2 Å². The van der Waals surface area contributed by atoms with Crippen molar-refractivity contribution in [3.05, 3.63) is 65.2 Å². The first-order chi connectivity index (χ1) is 20.7. The number of morpholine rings is 1. The summed E-state index contributed by atoms with van der Waals surface area (Å²) in [5.41, 5.74) is -1.06. The summed E-state index contributed by atoms with van der Waals surface area (Å²) >= 11 is 0. The number of ether oxygens (including phenoxy) is 1. The van der Waals surface area contributed by atoms with Crippen LogP contribution in [0.2, 0.25) is 0 Å². The zero-order valence-electron chi connectivity index (χ0n) is 24.2. The smallest absolute Gasteiger partial charge is 0.296 e. The van der Waals surface area contributed by atoms with Gasteiger partial charge >= 0.3 is 0 Å². The Labute approximate surface area is 251 Å². The number of hydrogen-bond donors (Lipinski definition) is 1. The van der Waals surface area contributed by atoms with Gasteiger partial charge in [0.2, 0.25) is 10.0 Å². The second kappa shape index (κ2) is 11.5. The van der Waals surface area contributed by atoms with E-state index in [1.54, 1.807) is 31.3 Å². The van der Waals surface area contributed by atoms with Gasteiger partial charge in [-0.1, -0.05) is 31.0 Å². The van der Waals surface area contributed by atoms with Crippen LogP contribution in [-0.4, -0.2) is 105 Å². The summed E-state index contributed by atoms with van der Waals surface area (Å²) in [6.45, 7) is 3.84. The molecule has 228 valence electrons. The van der Waals surface area contributed by atoms with Crippen LogP contribution in [0.1, 0.15) is 36.8 Å². The minimum absolute atomic E-state index is 0.0775. The van der Waals surface area contributed by atoms with Gasteiger partial charge in [0.15, 0.2) is 5.54 Å². The van der Waals surface area contributed by atoms with Crippen molar-refractivity contribution < 1.29 is 32.6 Å². The molecule has 1 spiro atoms. The highest BCUT2D eigenvalue weighted by molar-refractivity contribution is 7.89. The van der Waals surface area contributed by atoms with Crippen molar-refractivity contribution in [2.45, 2.75) is 36.1 Å². The molecule has 6 rings (SSSR count). The van der Waals surface area contributed by atoms with Gasteiger partial charge in [0.1, 0.15) is 5.76 Å². The van der Waals surface area contributed by atoms with Gasteiger partial charge in [0, 0.05) is 63.1 Å². The van der Waals surface area contributed by atoms with Gasteiger partial charge in [-0.15, -0.1) is 0 Å². The van der Waals surface area contributed by atoms with Crippen LogP contribution in [0.5, 0.6) is 0 Å². The second-order valence-corrected chi connectivity index (χ2v) is 13.3. The van der Waals surface area contributed by atoms with Crippen molar-refractivity contribution in [2.75, 3.05) is 64.4 Å². The number of ketones is 1. The molecule has 0 aliphatic carbocycles. The predicted octanol–water partition coefficient (Wildman–Crippen LogP) is 2.14. The fourth-order valence-electron chi connectivity index (χ4n) is 6.70. The number of fused-ring (bicyclic) bond motifs is 2. The van der Waals surface area contributed by atoms with Crippen molar-refractivity contribution in [3.63, 3.8) is 0 Å². The van der Waals surface area contributed by atoms with Crippen LogP contribution in [0.3, 0.4) is 0 Å². The lowest BCUT2D eigenvalue weighted by atomic mass is 9.82. The highest BCUT2D eigenvalue weighted by atomic mass is 32.2. The molecule has 2 aromatic carbocycles. The minimum Gasteiger partial charge on any atom is -0.507 e. The molecule has 1 N–H and O–H groups in total. The highest BCUT2D eigenvalue weighted by Crippen LogP contribution is 2.53. The maximum Gasteiger partial charge on any atom is 0.296 e. The lowest BCUT2D eigenvalue weighted by Crippen LogP contribution is -2.53. The summed E-state index contributed by atoms with van der Waals surface area (Å²) in [6, 6.07) is 12.6. The van der Waals surface area contributed by atoms with E-state index in [9.17, 15) is 27.9 Å². The van der Waals surface area contributed by atoms with Gasteiger partial charge in [-0.2, -0.15) is 4.31 Å². The van der Waals surface area contributed by atoms with Gasteiger partial charge in [0.25, 0.3) is 17.6 Å². The number of carbonyl (C=O) groups excluding carboxylic acids is 3. The van der Waals surface area contributed by atoms with E-state index in [1.165, 1.54) is 38.4 Å². The molecular formula is C31H36N4O7S. The zero-order valence-corrected chi connectivity index (χ0v) is 25.0. The number of benzene rings is 2. The first-order valence-electron chi connectivity index (χ1n) is 14.8. The molecule has 0 radical (unpaired) electrons. The summed E-state index contributed by atoms with van der Waals surface area (Å²) in [6.07, 6.45) is 3.58. The fraction of sp³-hybridized carbons (Fsp3) is 0.452. The van der Waals surface area contributed by atoms with Crippen LogP contribution in [-0.2, 0) is 34.7 Å². The lowest BCUT2D eigenvalue weighted by Gasteiger charge is -2.36. The standard InChI is InChI=1S/C31H36N4O7S/c1-32-25-9-5-4-8-24(25)31(30(32)39)26(28(37)29(38)35(31)17-16-33-18-20-42-21-19-33)27(36)22-10-12-23(13-11-22)43(40,41)34-14-6-2-3-7-15-34/h4-5,8-13,36H,2-3,6-7,14-21H2,1H3/b27-26+. The van der Waals surface area contributed by atoms with Crippen LogP contribution in [0.4, 0.5) is 5.69 Å². The zero-order chi connectivity index (χ0) is 30.4. The molecule has 2 amide bonds. The molecule has 0 aromatic heterocycles. The first-order valence-corrected chi connectivity index (χ1v) is 16.2. The number of amides is 2. The van der Waals surface area contributed by atoms with E-state index in [4.69, 9.17) is 4.74 Å². The molecule has 3 fully saturated rings. The maximum absolute atomic E-state index is 14.2. The predicted molar refractivity (Wildman–Crippen MR) is 159 cm³/mol. The molecule has 43 heavy (non-hydrogen) atoms. The monoisotopic (exact) mass is 608 g/mol. The Hall–Kier alpha value is -3.58. The number of likely N-dealkylation sites (N-methyl/N-ethyl adjacent to an activating group) is 1. The summed E-state index contributed by atoms with van der Waals surface area (Å²) in [5.74, 6) is -2.87. The van der Waals surface area contributed by atoms with E-state index in [2.05, 4.69) is 4.90 Å². The fourth-order valence-corrected chi connectivity index (χ4v) is 8.21. The maximum atomic E-state index is 14.2. The van der Waals surface area contributed by atoms with Crippen LogP contribution in [0.15, 0.2) is 59.0 Å². The van der Waals surface area contributed by atoms with Crippen LogP contribution < -0.4 is 4.90 Å². The molecule has 11 nitrogen and oxygen atoms in total. The molecule has 0 saturated carbocycles. The van der Waals surface area contributed by atoms with E-state index in [0.717, 1.165) is 25.7 Å². The number of aliphatic hydroxyl groups is 1. The Morgan fingerprint density at radius 2 is 1.53 bits per heavy atom. The van der Waals surface area contributed by atoms with Crippen molar-refractivity contribution in [2.24, 2.45) is 0 Å². The molecule has 4 aliphatic heterocycles. The number of anilines is 1. The highest BCUT2D eigenvalue weighted by Gasteiger charge is 2.66. The van der Waals surface area contributed by atoms with E-state index in [0.29, 0.717) is 57.2 Å². The number of nitrogens with zero attached hydrogens (tertiary/aromatic N) is 4. The minimum atomic E-state index is -3.74. The SMILES string of the molecule is CN1C(=O)C2(/C(=C(/O)c3ccc(S(=O)(=O)N4CCCCCC4)cc3)C(=O)C(=O)N2CCN2CCOCC2)c2ccccc21. The van der Waals surface area contributed by atoms with E-state index >= 15 is 0 Å². The first kappa shape index (κ1) is 29.5. The van der Waals surface area contributed by atoms with Crippen LogP contribution in [0.25, 0.3) is 5.76 Å². The number of sulfonamides is 1. The number of para-hydroxylation sites is 1. The Morgan fingerprint density at radius 3 is 2.21 bits per heavy atom. The van der Waals surface area contributed by atoms with Gasteiger partial charge in [-0.3, -0.25) is 19.3 Å².